The molecule has 1 aromatic heterocycles. The Bertz CT molecular complexity index is 410. The van der Waals surface area contributed by atoms with E-state index in [1.165, 1.54) is 0 Å². The van der Waals surface area contributed by atoms with Gasteiger partial charge in [-0.15, -0.1) is 24.0 Å². The third-order valence-corrected chi connectivity index (χ3v) is 2.52. The minimum Gasteiger partial charge on any atom is -0.370 e. The zero-order chi connectivity index (χ0) is 13.4. The van der Waals surface area contributed by atoms with Gasteiger partial charge in [0.05, 0.1) is 6.54 Å². The largest absolute Gasteiger partial charge is 0.370 e. The number of amides is 1. The first kappa shape index (κ1) is 17.6. The van der Waals surface area contributed by atoms with E-state index in [0.29, 0.717) is 6.54 Å². The Morgan fingerprint density at radius 1 is 1.53 bits per heavy atom. The molecule has 7 heteroatoms. The van der Waals surface area contributed by atoms with Gasteiger partial charge < -0.3 is 16.0 Å². The van der Waals surface area contributed by atoms with E-state index in [0.717, 1.165) is 12.1 Å². The average Bonchev–Trinajstić information content (AvgIpc) is 2.42. The summed E-state index contributed by atoms with van der Waals surface area (Å²) in [4.78, 5) is 21.3. The number of nitrogens with zero attached hydrogens (tertiary/aromatic N) is 3. The Labute approximate surface area is 130 Å². The van der Waals surface area contributed by atoms with E-state index >= 15 is 0 Å². The van der Waals surface area contributed by atoms with Crippen molar-refractivity contribution in [2.45, 2.75) is 6.42 Å². The molecule has 0 radical (unpaired) electrons. The lowest BCUT2D eigenvalue weighted by Gasteiger charge is -2.17. The van der Waals surface area contributed by atoms with E-state index in [2.05, 4.69) is 15.3 Å². The molecule has 0 saturated heterocycles. The van der Waals surface area contributed by atoms with Gasteiger partial charge in [-0.25, -0.2) is 0 Å². The van der Waals surface area contributed by atoms with E-state index in [1.54, 1.807) is 25.2 Å². The van der Waals surface area contributed by atoms with Gasteiger partial charge in [0.25, 0.3) is 0 Å². The van der Waals surface area contributed by atoms with Crippen molar-refractivity contribution in [1.29, 1.82) is 0 Å². The molecule has 0 bridgehead atoms. The fourth-order valence-electron chi connectivity index (χ4n) is 1.33. The molecule has 0 saturated carbocycles. The number of aliphatic imine (C=N–C) groups is 1. The minimum atomic E-state index is -0.0301. The molecular formula is C12H20IN5O. The number of hydrogen-bond acceptors (Lipinski definition) is 3. The van der Waals surface area contributed by atoms with Crippen LogP contribution in [0.3, 0.4) is 0 Å². The lowest BCUT2D eigenvalue weighted by atomic mass is 10.2. The number of pyridine rings is 1. The van der Waals surface area contributed by atoms with Crippen molar-refractivity contribution >= 4 is 35.8 Å². The van der Waals surface area contributed by atoms with Crippen molar-refractivity contribution in [1.82, 2.24) is 15.2 Å². The van der Waals surface area contributed by atoms with Gasteiger partial charge >= 0.3 is 0 Å². The molecule has 3 N–H and O–H groups in total. The molecule has 1 rings (SSSR count). The summed E-state index contributed by atoms with van der Waals surface area (Å²) >= 11 is 0. The number of rotatable bonds is 5. The summed E-state index contributed by atoms with van der Waals surface area (Å²) in [6.07, 6.45) is 2.48. The number of nitrogens with two attached hydrogens (primary N) is 1. The molecule has 0 aliphatic rings. The van der Waals surface area contributed by atoms with Crippen LogP contribution in [0, 0.1) is 0 Å². The maximum absolute atomic E-state index is 11.7. The highest BCUT2D eigenvalue weighted by atomic mass is 127. The van der Waals surface area contributed by atoms with Gasteiger partial charge in [-0.1, -0.05) is 6.07 Å². The Morgan fingerprint density at radius 2 is 2.26 bits per heavy atom. The van der Waals surface area contributed by atoms with Gasteiger partial charge in [-0.05, 0) is 12.1 Å². The molecule has 0 atom stereocenters. The van der Waals surface area contributed by atoms with Crippen LogP contribution in [0.15, 0.2) is 29.4 Å². The van der Waals surface area contributed by atoms with Crippen LogP contribution in [-0.2, 0) is 11.2 Å². The van der Waals surface area contributed by atoms with Crippen molar-refractivity contribution < 1.29 is 4.79 Å². The summed E-state index contributed by atoms with van der Waals surface area (Å²) in [5, 5.41) is 2.73. The van der Waals surface area contributed by atoms with Gasteiger partial charge in [0, 0.05) is 39.0 Å². The molecule has 0 fully saturated rings. The summed E-state index contributed by atoms with van der Waals surface area (Å²) in [7, 11) is 3.32. The fourth-order valence-corrected chi connectivity index (χ4v) is 1.33. The van der Waals surface area contributed by atoms with Gasteiger partial charge in [0.1, 0.15) is 0 Å². The summed E-state index contributed by atoms with van der Waals surface area (Å²) in [6, 6.07) is 5.75. The SMILES string of the molecule is CN=C(N)NCC(=O)N(C)CCc1ccccn1.I. The average molecular weight is 377 g/mol. The molecule has 1 aromatic rings. The molecule has 19 heavy (non-hydrogen) atoms. The number of halogens is 1. The van der Waals surface area contributed by atoms with E-state index in [1.807, 2.05) is 18.2 Å². The van der Waals surface area contributed by atoms with Crippen LogP contribution in [-0.4, -0.2) is 48.9 Å². The molecule has 1 amide bonds. The molecular weight excluding hydrogens is 357 g/mol. The number of nitrogens with one attached hydrogen (secondary N) is 1. The van der Waals surface area contributed by atoms with Crippen LogP contribution < -0.4 is 11.1 Å². The van der Waals surface area contributed by atoms with E-state index < -0.39 is 0 Å². The van der Waals surface area contributed by atoms with Crippen LogP contribution in [0.2, 0.25) is 0 Å². The normalized spacial score (nSPS) is 10.5. The first-order valence-electron chi connectivity index (χ1n) is 5.73. The van der Waals surface area contributed by atoms with E-state index in [4.69, 9.17) is 5.73 Å². The third kappa shape index (κ3) is 6.94. The number of guanidine groups is 1. The Kier molecular flexibility index (Phi) is 8.84. The van der Waals surface area contributed by atoms with E-state index in [9.17, 15) is 4.79 Å². The highest BCUT2D eigenvalue weighted by Crippen LogP contribution is 1.96. The molecule has 106 valence electrons. The number of aromatic nitrogens is 1. The number of carbonyl (C=O) groups excluding carboxylic acids is 1. The standard InChI is InChI=1S/C12H19N5O.HI/c1-14-12(13)16-9-11(18)17(2)8-6-10-5-3-4-7-15-10;/h3-5,7H,6,8-9H2,1-2H3,(H3,13,14,16);1H. The zero-order valence-corrected chi connectivity index (χ0v) is 13.5. The molecule has 0 aromatic carbocycles. The minimum absolute atomic E-state index is 0. The van der Waals surface area contributed by atoms with Crippen molar-refractivity contribution in [2.24, 2.45) is 10.7 Å². The molecule has 0 aliphatic carbocycles. The van der Waals surface area contributed by atoms with Crippen molar-refractivity contribution in [2.75, 3.05) is 27.2 Å². The van der Waals surface area contributed by atoms with Crippen molar-refractivity contribution in [3.63, 3.8) is 0 Å². The van der Waals surface area contributed by atoms with Crippen molar-refractivity contribution in [3.8, 4) is 0 Å². The summed E-state index contributed by atoms with van der Waals surface area (Å²) in [5.41, 5.74) is 6.42. The lowest BCUT2D eigenvalue weighted by molar-refractivity contribution is -0.128. The maximum Gasteiger partial charge on any atom is 0.241 e. The monoisotopic (exact) mass is 377 g/mol. The van der Waals surface area contributed by atoms with Crippen LogP contribution in [0.25, 0.3) is 0 Å². The van der Waals surface area contributed by atoms with Crippen LogP contribution in [0.1, 0.15) is 5.69 Å². The topological polar surface area (TPSA) is 83.6 Å². The summed E-state index contributed by atoms with van der Waals surface area (Å²) < 4.78 is 0. The van der Waals surface area contributed by atoms with E-state index in [-0.39, 0.29) is 42.4 Å². The number of likely N-dealkylation sites (N-methyl/N-ethyl adjacent to an activating group) is 1. The van der Waals surface area contributed by atoms with Crippen LogP contribution in [0.5, 0.6) is 0 Å². The van der Waals surface area contributed by atoms with Crippen molar-refractivity contribution in [3.05, 3.63) is 30.1 Å². The van der Waals surface area contributed by atoms with Crippen LogP contribution in [0.4, 0.5) is 0 Å². The third-order valence-electron chi connectivity index (χ3n) is 2.52. The predicted octanol–water partition coefficient (Wildman–Crippen LogP) is 0.235. The molecule has 6 nitrogen and oxygen atoms in total. The Morgan fingerprint density at radius 3 is 2.84 bits per heavy atom. The Balaban J connectivity index is 0.00000324. The molecule has 0 spiro atoms. The van der Waals surface area contributed by atoms with Gasteiger partial charge in [0.15, 0.2) is 5.96 Å². The fraction of sp³-hybridized carbons (Fsp3) is 0.417. The van der Waals surface area contributed by atoms with Gasteiger partial charge in [0.2, 0.25) is 5.91 Å². The lowest BCUT2D eigenvalue weighted by Crippen LogP contribution is -2.41. The van der Waals surface area contributed by atoms with Gasteiger partial charge in [-0.3, -0.25) is 14.8 Å². The smallest absolute Gasteiger partial charge is 0.241 e. The first-order valence-corrected chi connectivity index (χ1v) is 5.73. The van der Waals surface area contributed by atoms with Crippen LogP contribution >= 0.6 is 24.0 Å². The molecule has 0 aliphatic heterocycles. The maximum atomic E-state index is 11.7. The highest BCUT2D eigenvalue weighted by Gasteiger charge is 2.08. The Hall–Kier alpha value is -1.38. The number of hydrogen-bond donors (Lipinski definition) is 2. The zero-order valence-electron chi connectivity index (χ0n) is 11.2. The molecule has 0 unspecified atom stereocenters. The highest BCUT2D eigenvalue weighted by molar-refractivity contribution is 14.0. The second-order valence-electron chi connectivity index (χ2n) is 3.85. The quantitative estimate of drug-likeness (QED) is 0.437. The summed E-state index contributed by atoms with van der Waals surface area (Å²) in [5.74, 6) is 0.235. The second-order valence-corrected chi connectivity index (χ2v) is 3.85. The number of carbonyl (C=O) groups is 1. The molecule has 1 heterocycles. The second kappa shape index (κ2) is 9.54. The first-order chi connectivity index (χ1) is 8.63. The predicted molar refractivity (Wildman–Crippen MR) is 86.5 cm³/mol. The summed E-state index contributed by atoms with van der Waals surface area (Å²) in [6.45, 7) is 0.780. The van der Waals surface area contributed by atoms with Gasteiger partial charge in [-0.2, -0.15) is 0 Å².